The molecule has 0 saturated carbocycles. The Bertz CT molecular complexity index is 807. The second-order valence-corrected chi connectivity index (χ2v) is 5.11. The summed E-state index contributed by atoms with van der Waals surface area (Å²) in [6.45, 7) is 0. The summed E-state index contributed by atoms with van der Waals surface area (Å²) in [5.41, 5.74) is 1.78. The van der Waals surface area contributed by atoms with Gasteiger partial charge in [-0.15, -0.1) is 13.2 Å². The van der Waals surface area contributed by atoms with Crippen molar-refractivity contribution in [3.8, 4) is 11.5 Å². The van der Waals surface area contributed by atoms with Crippen LogP contribution in [0.15, 0.2) is 48.0 Å². The number of hydrogen-bond donors (Lipinski definition) is 1. The van der Waals surface area contributed by atoms with Gasteiger partial charge in [-0.05, 0) is 35.4 Å². The van der Waals surface area contributed by atoms with Gasteiger partial charge in [-0.2, -0.15) is 0 Å². The molecule has 1 aliphatic carbocycles. The van der Waals surface area contributed by atoms with Gasteiger partial charge in [0.15, 0.2) is 5.78 Å². The third-order valence-corrected chi connectivity index (χ3v) is 3.46. The molecular weight excluding hydrogens is 309 g/mol. The molecule has 0 aliphatic heterocycles. The van der Waals surface area contributed by atoms with Gasteiger partial charge in [-0.25, -0.2) is 0 Å². The summed E-state index contributed by atoms with van der Waals surface area (Å²) in [6, 6.07) is 10.2. The average molecular weight is 320 g/mol. The number of Topliss-reactive ketones (excluding diaryl/α,β-unsaturated/α-hetero) is 1. The number of hydrogen-bond acceptors (Lipinski definition) is 3. The summed E-state index contributed by atoms with van der Waals surface area (Å²) < 4.78 is 40.6. The molecule has 1 aliphatic rings. The van der Waals surface area contributed by atoms with E-state index < -0.39 is 6.36 Å². The van der Waals surface area contributed by atoms with Gasteiger partial charge in [0.1, 0.15) is 11.5 Å². The Labute approximate surface area is 129 Å². The molecule has 0 aromatic heterocycles. The molecule has 0 atom stereocenters. The zero-order valence-corrected chi connectivity index (χ0v) is 11.7. The van der Waals surface area contributed by atoms with Crippen LogP contribution in [0, 0.1) is 0 Å². The molecule has 3 rings (SSSR count). The van der Waals surface area contributed by atoms with E-state index >= 15 is 0 Å². The van der Waals surface area contributed by atoms with Crippen LogP contribution in [-0.2, 0) is 6.42 Å². The van der Waals surface area contributed by atoms with Crippen LogP contribution in [0.1, 0.15) is 21.5 Å². The van der Waals surface area contributed by atoms with Crippen molar-refractivity contribution < 1.29 is 27.8 Å². The number of rotatable bonds is 2. The monoisotopic (exact) mass is 320 g/mol. The lowest BCUT2D eigenvalue weighted by molar-refractivity contribution is -0.274. The maximum atomic E-state index is 12.3. The van der Waals surface area contributed by atoms with Crippen LogP contribution in [0.3, 0.4) is 0 Å². The minimum atomic E-state index is -4.77. The molecule has 0 spiro atoms. The van der Waals surface area contributed by atoms with Gasteiger partial charge >= 0.3 is 6.36 Å². The van der Waals surface area contributed by atoms with Crippen molar-refractivity contribution >= 4 is 11.9 Å². The molecule has 0 unspecified atom stereocenters. The summed E-state index contributed by atoms with van der Waals surface area (Å²) in [4.78, 5) is 12.3. The maximum absolute atomic E-state index is 12.3. The third-order valence-electron chi connectivity index (χ3n) is 3.46. The smallest absolute Gasteiger partial charge is 0.507 e. The van der Waals surface area contributed by atoms with E-state index in [0.29, 0.717) is 23.1 Å². The Morgan fingerprint density at radius 1 is 1.13 bits per heavy atom. The summed E-state index contributed by atoms with van der Waals surface area (Å²) in [5, 5.41) is 9.76. The van der Waals surface area contributed by atoms with Crippen molar-refractivity contribution in [1.29, 1.82) is 0 Å². The second-order valence-electron chi connectivity index (χ2n) is 5.11. The highest BCUT2D eigenvalue weighted by Crippen LogP contribution is 2.34. The Morgan fingerprint density at radius 2 is 1.87 bits per heavy atom. The summed E-state index contributed by atoms with van der Waals surface area (Å²) in [5.74, 6) is -0.761. The number of alkyl halides is 3. The zero-order chi connectivity index (χ0) is 16.6. The highest BCUT2D eigenvalue weighted by molar-refractivity contribution is 6.17. The number of phenols is 1. The first-order valence-electron chi connectivity index (χ1n) is 6.75. The van der Waals surface area contributed by atoms with E-state index in [4.69, 9.17) is 0 Å². The van der Waals surface area contributed by atoms with Crippen LogP contribution in [0.2, 0.25) is 0 Å². The molecule has 0 heterocycles. The number of carbonyl (C=O) groups excluding carboxylic acids is 1. The molecule has 118 valence electrons. The summed E-state index contributed by atoms with van der Waals surface area (Å²) >= 11 is 0. The highest BCUT2D eigenvalue weighted by Gasteiger charge is 2.31. The van der Waals surface area contributed by atoms with E-state index in [1.165, 1.54) is 30.3 Å². The minimum absolute atomic E-state index is 0.0925. The van der Waals surface area contributed by atoms with Gasteiger partial charge in [0, 0.05) is 12.0 Å². The van der Waals surface area contributed by atoms with Crippen LogP contribution in [0.5, 0.6) is 11.5 Å². The number of phenolic OH excluding ortho intramolecular Hbond substituents is 1. The fraction of sp³-hybridized carbons (Fsp3) is 0.118. The lowest BCUT2D eigenvalue weighted by Gasteiger charge is -2.09. The van der Waals surface area contributed by atoms with Crippen molar-refractivity contribution in [2.75, 3.05) is 0 Å². The Morgan fingerprint density at radius 3 is 2.57 bits per heavy atom. The standard InChI is InChI=1S/C17H11F3O3/c18-17(19,20)23-13-5-1-3-10(8-13)7-12-9-11-4-2-6-14(21)15(11)16(12)22/h1-8,21H,9H2/b12-7+. The Balaban J connectivity index is 1.91. The first-order chi connectivity index (χ1) is 10.8. The number of benzene rings is 2. The van der Waals surface area contributed by atoms with Crippen molar-refractivity contribution in [3.63, 3.8) is 0 Å². The quantitative estimate of drug-likeness (QED) is 0.847. The predicted octanol–water partition coefficient (Wildman–Crippen LogP) is 4.11. The van der Waals surface area contributed by atoms with Gasteiger partial charge in [-0.3, -0.25) is 4.79 Å². The van der Waals surface area contributed by atoms with Crippen LogP contribution in [-0.4, -0.2) is 17.3 Å². The molecule has 1 N–H and O–H groups in total. The van der Waals surface area contributed by atoms with Gasteiger partial charge in [0.2, 0.25) is 0 Å². The van der Waals surface area contributed by atoms with Crippen molar-refractivity contribution in [2.45, 2.75) is 12.8 Å². The zero-order valence-electron chi connectivity index (χ0n) is 11.7. The fourth-order valence-corrected chi connectivity index (χ4v) is 2.56. The molecule has 6 heteroatoms. The fourth-order valence-electron chi connectivity index (χ4n) is 2.56. The van der Waals surface area contributed by atoms with E-state index in [9.17, 15) is 23.1 Å². The molecule has 0 fully saturated rings. The number of ketones is 1. The van der Waals surface area contributed by atoms with Crippen LogP contribution < -0.4 is 4.74 Å². The van der Waals surface area contributed by atoms with E-state index in [0.717, 1.165) is 0 Å². The number of carbonyl (C=O) groups is 1. The largest absolute Gasteiger partial charge is 0.573 e. The van der Waals surface area contributed by atoms with Gasteiger partial charge in [0.05, 0.1) is 5.56 Å². The molecule has 0 amide bonds. The van der Waals surface area contributed by atoms with Crippen LogP contribution >= 0.6 is 0 Å². The number of aromatic hydroxyl groups is 1. The maximum Gasteiger partial charge on any atom is 0.573 e. The van der Waals surface area contributed by atoms with Crippen molar-refractivity contribution in [2.24, 2.45) is 0 Å². The summed E-state index contributed by atoms with van der Waals surface area (Å²) in [7, 11) is 0. The Hall–Kier alpha value is -2.76. The second kappa shape index (κ2) is 5.46. The number of allylic oxidation sites excluding steroid dienone is 1. The summed E-state index contributed by atoms with van der Waals surface area (Å²) in [6.07, 6.45) is -2.94. The van der Waals surface area contributed by atoms with Crippen molar-refractivity contribution in [3.05, 3.63) is 64.7 Å². The van der Waals surface area contributed by atoms with Gasteiger partial charge in [-0.1, -0.05) is 24.3 Å². The van der Waals surface area contributed by atoms with E-state index in [-0.39, 0.29) is 22.8 Å². The van der Waals surface area contributed by atoms with E-state index in [2.05, 4.69) is 4.74 Å². The molecule has 23 heavy (non-hydrogen) atoms. The third kappa shape index (κ3) is 3.21. The first kappa shape index (κ1) is 15.1. The molecular formula is C17H11F3O3. The normalized spacial score (nSPS) is 15.8. The van der Waals surface area contributed by atoms with Crippen LogP contribution in [0.4, 0.5) is 13.2 Å². The van der Waals surface area contributed by atoms with E-state index in [1.54, 1.807) is 18.2 Å². The number of ether oxygens (including phenoxy) is 1. The minimum Gasteiger partial charge on any atom is -0.507 e. The molecule has 2 aromatic carbocycles. The molecule has 0 saturated heterocycles. The topological polar surface area (TPSA) is 46.5 Å². The molecule has 0 bridgehead atoms. The average Bonchev–Trinajstić information content (AvgIpc) is 2.75. The number of halogens is 3. The molecule has 2 aromatic rings. The molecule has 3 nitrogen and oxygen atoms in total. The highest BCUT2D eigenvalue weighted by atomic mass is 19.4. The van der Waals surface area contributed by atoms with E-state index in [1.807, 2.05) is 0 Å². The lowest BCUT2D eigenvalue weighted by atomic mass is 10.1. The first-order valence-corrected chi connectivity index (χ1v) is 6.75. The predicted molar refractivity (Wildman–Crippen MR) is 77.2 cm³/mol. The lowest BCUT2D eigenvalue weighted by Crippen LogP contribution is -2.17. The van der Waals surface area contributed by atoms with Crippen molar-refractivity contribution in [1.82, 2.24) is 0 Å². The van der Waals surface area contributed by atoms with Crippen LogP contribution in [0.25, 0.3) is 6.08 Å². The van der Waals surface area contributed by atoms with Gasteiger partial charge < -0.3 is 9.84 Å². The van der Waals surface area contributed by atoms with Gasteiger partial charge in [0.25, 0.3) is 0 Å². The Kier molecular flexibility index (Phi) is 3.60. The number of fused-ring (bicyclic) bond motifs is 1. The molecule has 0 radical (unpaired) electrons. The SMILES string of the molecule is O=C1/C(=C/c2cccc(OC(F)(F)F)c2)Cc2cccc(O)c21.